The van der Waals surface area contributed by atoms with Crippen molar-refractivity contribution in [3.05, 3.63) is 47.2 Å². The summed E-state index contributed by atoms with van der Waals surface area (Å²) in [4.78, 5) is 26.2. The molecule has 0 radical (unpaired) electrons. The minimum absolute atomic E-state index is 0.0148. The van der Waals surface area contributed by atoms with E-state index in [4.69, 9.17) is 11.6 Å². The van der Waals surface area contributed by atoms with Crippen LogP contribution in [-0.4, -0.2) is 32.7 Å². The summed E-state index contributed by atoms with van der Waals surface area (Å²) in [6.45, 7) is 3.87. The van der Waals surface area contributed by atoms with Crippen LogP contribution in [0.4, 0.5) is 0 Å². The summed E-state index contributed by atoms with van der Waals surface area (Å²) in [5.74, 6) is 0.0755. The summed E-state index contributed by atoms with van der Waals surface area (Å²) < 4.78 is 0. The zero-order chi connectivity index (χ0) is 15.0. The van der Waals surface area contributed by atoms with Gasteiger partial charge in [-0.05, 0) is 13.8 Å². The van der Waals surface area contributed by atoms with Gasteiger partial charge >= 0.3 is 0 Å². The molecule has 1 amide bonds. The molecule has 3 heterocycles. The zero-order valence-corrected chi connectivity index (χ0v) is 12.2. The van der Waals surface area contributed by atoms with Crippen molar-refractivity contribution in [2.24, 2.45) is 4.99 Å². The molecule has 1 unspecified atom stereocenters. The van der Waals surface area contributed by atoms with Crippen LogP contribution in [0, 0.1) is 0 Å². The molecular weight excluding hydrogens is 292 g/mol. The van der Waals surface area contributed by atoms with E-state index in [2.05, 4.69) is 25.6 Å². The summed E-state index contributed by atoms with van der Waals surface area (Å²) in [5, 5.41) is 6.22. The summed E-state index contributed by atoms with van der Waals surface area (Å²) in [6, 6.07) is 0. The Labute approximate surface area is 126 Å². The van der Waals surface area contributed by atoms with Crippen LogP contribution in [0.15, 0.2) is 41.3 Å². The van der Waals surface area contributed by atoms with Crippen LogP contribution in [0.25, 0.3) is 0 Å². The molecule has 0 spiro atoms. The number of halogens is 1. The van der Waals surface area contributed by atoms with Crippen molar-refractivity contribution in [3.8, 4) is 0 Å². The number of nitrogens with one attached hydrogen (secondary N) is 2. The van der Waals surface area contributed by atoms with Crippen molar-refractivity contribution in [2.75, 3.05) is 0 Å². The molecule has 8 heteroatoms. The number of nitrogens with zero attached hydrogens (tertiary/aromatic N) is 4. The molecule has 0 aliphatic carbocycles. The van der Waals surface area contributed by atoms with Crippen molar-refractivity contribution in [1.82, 2.24) is 25.5 Å². The normalized spacial score (nSPS) is 20.0. The number of fused-ring (bicyclic) bond motifs is 1. The molecule has 1 atom stereocenters. The SMILES string of the molecule is CC1=CN2C=C(NC(=O)c3cnc(Cl)cn3)N=C(C)C2N1. The molecule has 0 fully saturated rings. The van der Waals surface area contributed by atoms with E-state index in [-0.39, 0.29) is 22.9 Å². The second-order valence-electron chi connectivity index (χ2n) is 4.75. The van der Waals surface area contributed by atoms with Crippen LogP contribution >= 0.6 is 11.6 Å². The number of rotatable bonds is 2. The quantitative estimate of drug-likeness (QED) is 0.858. The zero-order valence-electron chi connectivity index (χ0n) is 11.5. The van der Waals surface area contributed by atoms with Gasteiger partial charge in [-0.1, -0.05) is 11.6 Å². The second-order valence-corrected chi connectivity index (χ2v) is 5.14. The third-order valence-electron chi connectivity index (χ3n) is 3.06. The summed E-state index contributed by atoms with van der Waals surface area (Å²) in [5.41, 5.74) is 2.09. The number of carbonyl (C=O) groups excluding carboxylic acids is 1. The third-order valence-corrected chi connectivity index (χ3v) is 3.26. The third kappa shape index (κ3) is 2.73. The van der Waals surface area contributed by atoms with E-state index < -0.39 is 0 Å². The minimum atomic E-state index is -0.381. The number of aromatic nitrogens is 2. The number of allylic oxidation sites excluding steroid dienone is 1. The topological polar surface area (TPSA) is 82.5 Å². The number of carbonyl (C=O) groups is 1. The number of amides is 1. The lowest BCUT2D eigenvalue weighted by Gasteiger charge is -2.26. The lowest BCUT2D eigenvalue weighted by atomic mass is 10.3. The maximum absolute atomic E-state index is 12.1. The van der Waals surface area contributed by atoms with Gasteiger partial charge in [-0.15, -0.1) is 0 Å². The van der Waals surface area contributed by atoms with E-state index in [0.717, 1.165) is 11.4 Å². The molecule has 0 saturated heterocycles. The van der Waals surface area contributed by atoms with Gasteiger partial charge in [-0.2, -0.15) is 0 Å². The van der Waals surface area contributed by atoms with Crippen molar-refractivity contribution >= 4 is 23.2 Å². The highest BCUT2D eigenvalue weighted by Crippen LogP contribution is 2.18. The van der Waals surface area contributed by atoms with Gasteiger partial charge in [0.15, 0.2) is 0 Å². The largest absolute Gasteiger partial charge is 0.363 e. The Balaban J connectivity index is 1.77. The Bertz CT molecular complexity index is 678. The monoisotopic (exact) mass is 304 g/mol. The van der Waals surface area contributed by atoms with Crippen LogP contribution in [0.1, 0.15) is 24.3 Å². The molecule has 3 rings (SSSR count). The van der Waals surface area contributed by atoms with Gasteiger partial charge < -0.3 is 15.5 Å². The lowest BCUT2D eigenvalue weighted by Crippen LogP contribution is -2.42. The molecule has 1 aromatic rings. The highest BCUT2D eigenvalue weighted by atomic mass is 35.5. The molecular formula is C13H13ClN6O. The Morgan fingerprint density at radius 2 is 2.14 bits per heavy atom. The van der Waals surface area contributed by atoms with Gasteiger partial charge in [-0.25, -0.2) is 15.0 Å². The molecule has 0 bridgehead atoms. The smallest absolute Gasteiger partial charge is 0.277 e. The van der Waals surface area contributed by atoms with Gasteiger partial charge in [0.05, 0.1) is 18.1 Å². The fourth-order valence-electron chi connectivity index (χ4n) is 2.15. The molecule has 0 aromatic carbocycles. The Morgan fingerprint density at radius 1 is 1.33 bits per heavy atom. The standard InChI is InChI=1S/C13H13ClN6O/c1-7-5-20-6-11(18-8(2)12(20)17-7)19-13(21)9-3-16-10(14)4-15-9/h3-6,12,17H,1-2H3,(H,19,21). The van der Waals surface area contributed by atoms with Crippen molar-refractivity contribution < 1.29 is 4.79 Å². The van der Waals surface area contributed by atoms with Crippen LogP contribution in [-0.2, 0) is 0 Å². The molecule has 21 heavy (non-hydrogen) atoms. The van der Waals surface area contributed by atoms with Crippen LogP contribution < -0.4 is 10.6 Å². The van der Waals surface area contributed by atoms with Crippen molar-refractivity contribution in [2.45, 2.75) is 20.0 Å². The first kappa shape index (κ1) is 13.6. The van der Waals surface area contributed by atoms with E-state index in [1.54, 1.807) is 6.20 Å². The fraction of sp³-hybridized carbons (Fsp3) is 0.231. The lowest BCUT2D eigenvalue weighted by molar-refractivity contribution is 0.0959. The van der Waals surface area contributed by atoms with Gasteiger partial charge in [0, 0.05) is 18.1 Å². The van der Waals surface area contributed by atoms with Crippen molar-refractivity contribution in [1.29, 1.82) is 0 Å². The van der Waals surface area contributed by atoms with Gasteiger partial charge in [0.2, 0.25) is 0 Å². The molecule has 2 aliphatic rings. The maximum Gasteiger partial charge on any atom is 0.277 e. The predicted molar refractivity (Wildman–Crippen MR) is 78.2 cm³/mol. The van der Waals surface area contributed by atoms with Gasteiger partial charge in [-0.3, -0.25) is 4.79 Å². The summed E-state index contributed by atoms with van der Waals surface area (Å²) in [6.07, 6.45) is 6.38. The van der Waals surface area contributed by atoms with Crippen LogP contribution in [0.5, 0.6) is 0 Å². The van der Waals surface area contributed by atoms with E-state index in [1.165, 1.54) is 12.4 Å². The average molecular weight is 305 g/mol. The van der Waals surface area contributed by atoms with E-state index in [1.807, 2.05) is 24.9 Å². The molecule has 7 nitrogen and oxygen atoms in total. The molecule has 108 valence electrons. The summed E-state index contributed by atoms with van der Waals surface area (Å²) in [7, 11) is 0. The van der Waals surface area contributed by atoms with E-state index in [0.29, 0.717) is 5.82 Å². The second kappa shape index (κ2) is 5.17. The fourth-order valence-corrected chi connectivity index (χ4v) is 2.25. The van der Waals surface area contributed by atoms with Crippen LogP contribution in [0.3, 0.4) is 0 Å². The first-order valence-corrected chi connectivity index (χ1v) is 6.69. The first-order chi connectivity index (χ1) is 10.0. The van der Waals surface area contributed by atoms with Gasteiger partial charge in [0.1, 0.15) is 22.8 Å². The molecule has 1 aromatic heterocycles. The summed E-state index contributed by atoms with van der Waals surface area (Å²) >= 11 is 5.64. The molecule has 0 saturated carbocycles. The Kier molecular flexibility index (Phi) is 3.34. The molecule has 2 N–H and O–H groups in total. The Hall–Kier alpha value is -2.41. The van der Waals surface area contributed by atoms with E-state index >= 15 is 0 Å². The average Bonchev–Trinajstić information content (AvgIpc) is 2.80. The number of hydrogen-bond donors (Lipinski definition) is 2. The number of hydrogen-bond acceptors (Lipinski definition) is 6. The highest BCUT2D eigenvalue weighted by molar-refractivity contribution is 6.29. The minimum Gasteiger partial charge on any atom is -0.363 e. The van der Waals surface area contributed by atoms with Gasteiger partial charge in [0.25, 0.3) is 5.91 Å². The van der Waals surface area contributed by atoms with E-state index in [9.17, 15) is 4.79 Å². The van der Waals surface area contributed by atoms with Crippen LogP contribution in [0.2, 0.25) is 5.15 Å². The highest BCUT2D eigenvalue weighted by Gasteiger charge is 2.27. The maximum atomic E-state index is 12.1. The molecule has 2 aliphatic heterocycles. The number of aliphatic imine (C=N–C) groups is 1. The van der Waals surface area contributed by atoms with Crippen molar-refractivity contribution in [3.63, 3.8) is 0 Å². The Morgan fingerprint density at radius 3 is 2.86 bits per heavy atom. The predicted octanol–water partition coefficient (Wildman–Crippen LogP) is 1.23. The first-order valence-electron chi connectivity index (χ1n) is 6.31.